The quantitative estimate of drug-likeness (QED) is 0.762. The third kappa shape index (κ3) is 2.31. The van der Waals surface area contributed by atoms with Gasteiger partial charge < -0.3 is 11.1 Å². The van der Waals surface area contributed by atoms with Crippen LogP contribution >= 0.6 is 22.9 Å². The number of nitrogens with zero attached hydrogens (tertiary/aromatic N) is 2. The normalized spacial score (nSPS) is 10.7. The van der Waals surface area contributed by atoms with Crippen molar-refractivity contribution in [3.63, 3.8) is 0 Å². The van der Waals surface area contributed by atoms with Crippen molar-refractivity contribution in [2.24, 2.45) is 0 Å². The first-order valence-electron chi connectivity index (χ1n) is 5.71. The summed E-state index contributed by atoms with van der Waals surface area (Å²) in [6, 6.07) is 6.85. The van der Waals surface area contributed by atoms with Crippen molar-refractivity contribution in [3.8, 4) is 0 Å². The lowest BCUT2D eigenvalue weighted by Gasteiger charge is -2.04. The van der Waals surface area contributed by atoms with Gasteiger partial charge in [-0.2, -0.15) is 0 Å². The monoisotopic (exact) mass is 304 g/mol. The van der Waals surface area contributed by atoms with E-state index in [4.69, 9.17) is 17.3 Å². The summed E-state index contributed by atoms with van der Waals surface area (Å²) in [6.45, 7) is 0. The Kier molecular flexibility index (Phi) is 3.25. The number of hydrogen-bond acceptors (Lipinski definition) is 5. The molecule has 3 rings (SSSR count). The first-order valence-corrected chi connectivity index (χ1v) is 6.90. The van der Waals surface area contributed by atoms with Gasteiger partial charge in [-0.1, -0.05) is 11.6 Å². The number of aromatic nitrogens is 2. The van der Waals surface area contributed by atoms with Crippen molar-refractivity contribution < 1.29 is 4.79 Å². The lowest BCUT2D eigenvalue weighted by molar-refractivity contribution is 0.103. The lowest BCUT2D eigenvalue weighted by atomic mass is 10.3. The maximum atomic E-state index is 12.2. The van der Waals surface area contributed by atoms with Gasteiger partial charge in [-0.05, 0) is 24.3 Å². The average Bonchev–Trinajstić information content (AvgIpc) is 2.79. The van der Waals surface area contributed by atoms with Crippen LogP contribution in [0.5, 0.6) is 0 Å². The maximum Gasteiger partial charge on any atom is 0.268 e. The summed E-state index contributed by atoms with van der Waals surface area (Å²) in [7, 11) is 0. The number of rotatable bonds is 2. The second kappa shape index (κ2) is 5.07. The van der Waals surface area contributed by atoms with Crippen LogP contribution in [0.4, 0.5) is 11.4 Å². The van der Waals surface area contributed by atoms with Gasteiger partial charge >= 0.3 is 0 Å². The summed E-state index contributed by atoms with van der Waals surface area (Å²) < 4.78 is 0. The molecule has 0 aliphatic rings. The van der Waals surface area contributed by atoms with E-state index in [0.29, 0.717) is 31.6 Å². The SMILES string of the molecule is Nc1c(C(=O)Nc2ccc(Cl)cc2)sc2nccnc12. The molecule has 20 heavy (non-hydrogen) atoms. The van der Waals surface area contributed by atoms with Crippen molar-refractivity contribution in [1.82, 2.24) is 9.97 Å². The lowest BCUT2D eigenvalue weighted by Crippen LogP contribution is -2.11. The third-order valence-electron chi connectivity index (χ3n) is 2.67. The Morgan fingerprint density at radius 3 is 2.60 bits per heavy atom. The molecule has 3 N–H and O–H groups in total. The molecule has 2 aromatic heterocycles. The van der Waals surface area contributed by atoms with Crippen LogP contribution in [0.25, 0.3) is 10.3 Å². The highest BCUT2D eigenvalue weighted by atomic mass is 35.5. The second-order valence-electron chi connectivity index (χ2n) is 4.02. The number of anilines is 2. The minimum atomic E-state index is -0.283. The number of hydrogen-bond donors (Lipinski definition) is 2. The zero-order valence-electron chi connectivity index (χ0n) is 10.1. The standard InChI is InChI=1S/C13H9ClN4OS/c14-7-1-3-8(4-2-7)18-12(19)11-9(15)10-13(20-11)17-6-5-16-10/h1-6H,15H2,(H,18,19). The van der Waals surface area contributed by atoms with Crippen molar-refractivity contribution in [1.29, 1.82) is 0 Å². The number of benzene rings is 1. The fraction of sp³-hybridized carbons (Fsp3) is 0. The number of carbonyl (C=O) groups is 1. The Balaban J connectivity index is 1.92. The zero-order valence-corrected chi connectivity index (χ0v) is 11.7. The highest BCUT2D eigenvalue weighted by Crippen LogP contribution is 2.31. The summed E-state index contributed by atoms with van der Waals surface area (Å²) in [5.41, 5.74) is 7.50. The van der Waals surface area contributed by atoms with E-state index in [-0.39, 0.29) is 5.91 Å². The van der Waals surface area contributed by atoms with E-state index < -0.39 is 0 Å². The van der Waals surface area contributed by atoms with Gasteiger partial charge in [0.1, 0.15) is 15.2 Å². The predicted molar refractivity (Wildman–Crippen MR) is 81.2 cm³/mol. The molecule has 100 valence electrons. The molecule has 0 fully saturated rings. The van der Waals surface area contributed by atoms with Crippen LogP contribution in [0, 0.1) is 0 Å². The van der Waals surface area contributed by atoms with E-state index in [9.17, 15) is 4.79 Å². The van der Waals surface area contributed by atoms with Crippen molar-refractivity contribution >= 4 is 50.6 Å². The smallest absolute Gasteiger partial charge is 0.268 e. The first kappa shape index (κ1) is 12.8. The van der Waals surface area contributed by atoms with Gasteiger partial charge in [0.25, 0.3) is 5.91 Å². The van der Waals surface area contributed by atoms with E-state index >= 15 is 0 Å². The third-order valence-corrected chi connectivity index (χ3v) is 4.02. The highest BCUT2D eigenvalue weighted by molar-refractivity contribution is 7.21. The van der Waals surface area contributed by atoms with E-state index in [1.807, 2.05) is 0 Å². The van der Waals surface area contributed by atoms with E-state index in [1.165, 1.54) is 11.3 Å². The Labute approximate surface area is 123 Å². The molecule has 0 spiro atoms. The summed E-state index contributed by atoms with van der Waals surface area (Å²) in [5.74, 6) is -0.283. The summed E-state index contributed by atoms with van der Waals surface area (Å²) in [6.07, 6.45) is 3.12. The number of thiophene rings is 1. The Morgan fingerprint density at radius 1 is 1.20 bits per heavy atom. The van der Waals surface area contributed by atoms with Crippen LogP contribution in [-0.2, 0) is 0 Å². The van der Waals surface area contributed by atoms with Crippen LogP contribution in [-0.4, -0.2) is 15.9 Å². The molecule has 0 radical (unpaired) electrons. The molecule has 5 nitrogen and oxygen atoms in total. The van der Waals surface area contributed by atoms with Gasteiger partial charge in [0.2, 0.25) is 0 Å². The van der Waals surface area contributed by atoms with Gasteiger partial charge in [-0.25, -0.2) is 9.97 Å². The number of nitrogen functional groups attached to an aromatic ring is 1. The van der Waals surface area contributed by atoms with E-state index in [0.717, 1.165) is 0 Å². The zero-order chi connectivity index (χ0) is 14.1. The molecule has 0 unspecified atom stereocenters. The number of fused-ring (bicyclic) bond motifs is 1. The minimum Gasteiger partial charge on any atom is -0.396 e. The molecule has 3 aromatic rings. The fourth-order valence-electron chi connectivity index (χ4n) is 1.73. The Morgan fingerprint density at radius 2 is 1.90 bits per heavy atom. The minimum absolute atomic E-state index is 0.283. The molecule has 1 aromatic carbocycles. The number of amides is 1. The summed E-state index contributed by atoms with van der Waals surface area (Å²) >= 11 is 7.01. The number of halogens is 1. The highest BCUT2D eigenvalue weighted by Gasteiger charge is 2.17. The van der Waals surface area contributed by atoms with Crippen LogP contribution < -0.4 is 11.1 Å². The average molecular weight is 305 g/mol. The molecule has 0 saturated heterocycles. The van der Waals surface area contributed by atoms with Crippen LogP contribution in [0.15, 0.2) is 36.7 Å². The molecule has 7 heteroatoms. The molecule has 1 amide bonds. The second-order valence-corrected chi connectivity index (χ2v) is 5.45. The summed E-state index contributed by atoms with van der Waals surface area (Å²) in [5, 5.41) is 3.37. The molecule has 0 atom stereocenters. The van der Waals surface area contributed by atoms with Gasteiger partial charge in [0, 0.05) is 23.1 Å². The van der Waals surface area contributed by atoms with Crippen LogP contribution in [0.2, 0.25) is 5.02 Å². The fourth-order valence-corrected chi connectivity index (χ4v) is 2.78. The van der Waals surface area contributed by atoms with E-state index in [2.05, 4.69) is 15.3 Å². The van der Waals surface area contributed by atoms with Gasteiger partial charge in [-0.15, -0.1) is 11.3 Å². The number of nitrogens with two attached hydrogens (primary N) is 1. The number of nitrogens with one attached hydrogen (secondary N) is 1. The van der Waals surface area contributed by atoms with Crippen LogP contribution in [0.1, 0.15) is 9.67 Å². The molecule has 2 heterocycles. The molecule has 0 aliphatic heterocycles. The number of carbonyl (C=O) groups excluding carboxylic acids is 1. The summed E-state index contributed by atoms with van der Waals surface area (Å²) in [4.78, 5) is 21.5. The Hall–Kier alpha value is -2.18. The molecule has 0 bridgehead atoms. The largest absolute Gasteiger partial charge is 0.396 e. The molecule has 0 aliphatic carbocycles. The van der Waals surface area contributed by atoms with E-state index in [1.54, 1.807) is 36.7 Å². The topological polar surface area (TPSA) is 80.9 Å². The molecule has 0 saturated carbocycles. The van der Waals surface area contributed by atoms with Crippen molar-refractivity contribution in [2.45, 2.75) is 0 Å². The maximum absolute atomic E-state index is 12.2. The first-order chi connectivity index (χ1) is 9.65. The van der Waals surface area contributed by atoms with Crippen molar-refractivity contribution in [3.05, 3.63) is 46.6 Å². The van der Waals surface area contributed by atoms with Crippen LogP contribution in [0.3, 0.4) is 0 Å². The molecular weight excluding hydrogens is 296 g/mol. The van der Waals surface area contributed by atoms with Gasteiger partial charge in [0.05, 0.1) is 5.69 Å². The van der Waals surface area contributed by atoms with Gasteiger partial charge in [-0.3, -0.25) is 4.79 Å². The predicted octanol–water partition coefficient (Wildman–Crippen LogP) is 3.18. The molecular formula is C13H9ClN4OS. The van der Waals surface area contributed by atoms with Gasteiger partial charge in [0.15, 0.2) is 0 Å². The Bertz CT molecular complexity index is 785. The van der Waals surface area contributed by atoms with Crippen molar-refractivity contribution in [2.75, 3.05) is 11.1 Å².